The molecule has 4 bridgehead atoms. The molecule has 212 valence electrons. The average Bonchev–Trinajstić information content (AvgIpc) is 3.09. The SMILES string of the molecule is C(=C(c1ccccc1)c1ccccc1)c1cc2ccc1CCc1ccc(c(C=C(c3ccccc3)c3ccccc3)c1)CC2. The normalized spacial score (nSPS) is 12.2. The van der Waals surface area contributed by atoms with Crippen molar-refractivity contribution in [2.75, 3.05) is 0 Å². The fraction of sp³-hybridized carbons (Fsp3) is 0.0909. The second-order valence-corrected chi connectivity index (χ2v) is 11.6. The molecule has 0 atom stereocenters. The molecule has 0 radical (unpaired) electrons. The van der Waals surface area contributed by atoms with Crippen LogP contribution in [0.5, 0.6) is 0 Å². The highest BCUT2D eigenvalue weighted by Crippen LogP contribution is 2.31. The first-order valence-electron chi connectivity index (χ1n) is 15.7. The highest BCUT2D eigenvalue weighted by atomic mass is 14.2. The van der Waals surface area contributed by atoms with E-state index in [-0.39, 0.29) is 0 Å². The molecule has 0 heterocycles. The van der Waals surface area contributed by atoms with Gasteiger partial charge in [0.1, 0.15) is 0 Å². The van der Waals surface area contributed by atoms with Gasteiger partial charge in [0, 0.05) is 0 Å². The van der Waals surface area contributed by atoms with Gasteiger partial charge in [-0.3, -0.25) is 0 Å². The lowest BCUT2D eigenvalue weighted by atomic mass is 9.88. The van der Waals surface area contributed by atoms with E-state index in [0.29, 0.717) is 0 Å². The van der Waals surface area contributed by atoms with E-state index in [9.17, 15) is 0 Å². The third-order valence-electron chi connectivity index (χ3n) is 8.73. The molecule has 4 aliphatic rings. The van der Waals surface area contributed by atoms with Gasteiger partial charge in [0.15, 0.2) is 0 Å². The summed E-state index contributed by atoms with van der Waals surface area (Å²) in [6, 6.07) is 57.5. The summed E-state index contributed by atoms with van der Waals surface area (Å²) in [5.74, 6) is 0. The molecule has 6 aromatic carbocycles. The summed E-state index contributed by atoms with van der Waals surface area (Å²) in [4.78, 5) is 0. The van der Waals surface area contributed by atoms with Crippen molar-refractivity contribution in [1.29, 1.82) is 0 Å². The standard InChI is InChI=1S/C44H36/c1-5-13-37(14-6-1)43(38-15-7-2-8-16-38)31-41-29-33-21-25-35(41)27-23-34-22-26-36(28-24-33)42(30-34)32-44(39-17-9-3-10-18-39)40-19-11-4-12-20-40/h1-22,25-26,29-32H,23-24,27-28H2. The molecule has 0 saturated heterocycles. The summed E-state index contributed by atoms with van der Waals surface area (Å²) in [7, 11) is 0. The average molecular weight is 565 g/mol. The van der Waals surface area contributed by atoms with E-state index < -0.39 is 0 Å². The van der Waals surface area contributed by atoms with E-state index in [4.69, 9.17) is 0 Å². The van der Waals surface area contributed by atoms with Crippen LogP contribution in [-0.2, 0) is 25.7 Å². The number of rotatable bonds is 6. The first-order valence-corrected chi connectivity index (χ1v) is 15.7. The van der Waals surface area contributed by atoms with Gasteiger partial charge >= 0.3 is 0 Å². The van der Waals surface area contributed by atoms with Gasteiger partial charge in [-0.2, -0.15) is 0 Å². The molecule has 0 amide bonds. The Morgan fingerprint density at radius 1 is 0.341 bits per heavy atom. The Morgan fingerprint density at radius 3 is 0.977 bits per heavy atom. The summed E-state index contributed by atoms with van der Waals surface area (Å²) in [5, 5.41) is 0. The zero-order valence-electron chi connectivity index (χ0n) is 25.0. The van der Waals surface area contributed by atoms with Gasteiger partial charge < -0.3 is 0 Å². The van der Waals surface area contributed by atoms with Crippen molar-refractivity contribution in [2.24, 2.45) is 0 Å². The molecular weight excluding hydrogens is 528 g/mol. The first kappa shape index (κ1) is 27.6. The van der Waals surface area contributed by atoms with E-state index in [0.717, 1.165) is 25.7 Å². The Labute approximate surface area is 261 Å². The van der Waals surface area contributed by atoms with Crippen LogP contribution < -0.4 is 0 Å². The Bertz CT molecular complexity index is 1680. The van der Waals surface area contributed by atoms with Gasteiger partial charge in [0.25, 0.3) is 0 Å². The smallest absolute Gasteiger partial charge is 0.0105 e. The molecule has 0 saturated carbocycles. The van der Waals surface area contributed by atoms with Gasteiger partial charge in [0.05, 0.1) is 0 Å². The van der Waals surface area contributed by atoms with Crippen LogP contribution in [0, 0.1) is 0 Å². The number of hydrogen-bond donors (Lipinski definition) is 0. The van der Waals surface area contributed by atoms with E-state index in [1.165, 1.54) is 66.8 Å². The van der Waals surface area contributed by atoms with Gasteiger partial charge in [0.2, 0.25) is 0 Å². The van der Waals surface area contributed by atoms with Crippen molar-refractivity contribution in [3.05, 3.63) is 213 Å². The second-order valence-electron chi connectivity index (χ2n) is 11.6. The summed E-state index contributed by atoms with van der Waals surface area (Å²) < 4.78 is 0. The number of hydrogen-bond acceptors (Lipinski definition) is 0. The van der Waals surface area contributed by atoms with Crippen LogP contribution in [0.2, 0.25) is 0 Å². The van der Waals surface area contributed by atoms with E-state index in [2.05, 4.69) is 170 Å². The van der Waals surface area contributed by atoms with Crippen LogP contribution in [-0.4, -0.2) is 0 Å². The summed E-state index contributed by atoms with van der Waals surface area (Å²) in [5.41, 5.74) is 15.7. The lowest BCUT2D eigenvalue weighted by molar-refractivity contribution is 0.917. The molecular formula is C44H36. The number of aryl methyl sites for hydroxylation is 4. The minimum atomic E-state index is 0.996. The van der Waals surface area contributed by atoms with Crippen LogP contribution in [0.1, 0.15) is 55.6 Å². The van der Waals surface area contributed by atoms with Crippen molar-refractivity contribution in [2.45, 2.75) is 25.7 Å². The number of benzene rings is 6. The van der Waals surface area contributed by atoms with Crippen molar-refractivity contribution in [3.8, 4) is 0 Å². The van der Waals surface area contributed by atoms with Gasteiger partial charge in [-0.15, -0.1) is 0 Å². The largest absolute Gasteiger partial charge is 0.0622 e. The minimum Gasteiger partial charge on any atom is -0.0622 e. The highest BCUT2D eigenvalue weighted by Gasteiger charge is 2.13. The molecule has 0 aromatic heterocycles. The summed E-state index contributed by atoms with van der Waals surface area (Å²) >= 11 is 0. The molecule has 0 fully saturated rings. The molecule has 0 heteroatoms. The molecule has 10 rings (SSSR count). The van der Waals surface area contributed by atoms with Gasteiger partial charge in [-0.05, 0) is 105 Å². The maximum atomic E-state index is 2.43. The molecule has 44 heavy (non-hydrogen) atoms. The molecule has 0 aliphatic heterocycles. The van der Waals surface area contributed by atoms with E-state index >= 15 is 0 Å². The minimum absolute atomic E-state index is 0.996. The van der Waals surface area contributed by atoms with Gasteiger partial charge in [-0.1, -0.05) is 158 Å². The zero-order chi connectivity index (χ0) is 29.6. The van der Waals surface area contributed by atoms with Crippen LogP contribution in [0.4, 0.5) is 0 Å². The molecule has 0 unspecified atom stereocenters. The maximum Gasteiger partial charge on any atom is -0.0105 e. The fourth-order valence-electron chi connectivity index (χ4n) is 6.33. The Morgan fingerprint density at radius 2 is 0.659 bits per heavy atom. The molecule has 0 nitrogen and oxygen atoms in total. The van der Waals surface area contributed by atoms with Crippen molar-refractivity contribution in [1.82, 2.24) is 0 Å². The van der Waals surface area contributed by atoms with Crippen molar-refractivity contribution >= 4 is 23.3 Å². The molecule has 4 aliphatic carbocycles. The fourth-order valence-corrected chi connectivity index (χ4v) is 6.33. The molecule has 0 spiro atoms. The van der Waals surface area contributed by atoms with Crippen LogP contribution in [0.25, 0.3) is 23.3 Å². The first-order chi connectivity index (χ1) is 21.8. The summed E-state index contributed by atoms with van der Waals surface area (Å²) in [6.07, 6.45) is 8.82. The predicted octanol–water partition coefficient (Wildman–Crippen LogP) is 10.7. The Hall–Kier alpha value is -5.20. The Kier molecular flexibility index (Phi) is 8.15. The highest BCUT2D eigenvalue weighted by molar-refractivity contribution is 5.93. The Balaban J connectivity index is 1.28. The second kappa shape index (κ2) is 13.0. The zero-order valence-corrected chi connectivity index (χ0v) is 25.0. The monoisotopic (exact) mass is 564 g/mol. The summed E-state index contributed by atoms with van der Waals surface area (Å²) in [6.45, 7) is 0. The maximum absolute atomic E-state index is 2.43. The van der Waals surface area contributed by atoms with Crippen molar-refractivity contribution < 1.29 is 0 Å². The van der Waals surface area contributed by atoms with Crippen molar-refractivity contribution in [3.63, 3.8) is 0 Å². The molecule has 0 N–H and O–H groups in total. The quantitative estimate of drug-likeness (QED) is 0.177. The third-order valence-corrected chi connectivity index (χ3v) is 8.73. The van der Waals surface area contributed by atoms with Crippen LogP contribution in [0.15, 0.2) is 158 Å². The topological polar surface area (TPSA) is 0 Å². The van der Waals surface area contributed by atoms with Gasteiger partial charge in [-0.25, -0.2) is 0 Å². The van der Waals surface area contributed by atoms with Crippen LogP contribution >= 0.6 is 0 Å². The van der Waals surface area contributed by atoms with E-state index in [1.54, 1.807) is 0 Å². The third kappa shape index (κ3) is 6.26. The predicted molar refractivity (Wildman–Crippen MR) is 187 cm³/mol. The molecule has 6 aromatic rings. The van der Waals surface area contributed by atoms with Crippen LogP contribution in [0.3, 0.4) is 0 Å². The lowest BCUT2D eigenvalue weighted by Gasteiger charge is -2.17. The lowest BCUT2D eigenvalue weighted by Crippen LogP contribution is -2.03. The van der Waals surface area contributed by atoms with E-state index in [1.807, 2.05) is 0 Å².